The van der Waals surface area contributed by atoms with Crippen LogP contribution in [0.25, 0.3) is 6.08 Å². The third-order valence-electron chi connectivity index (χ3n) is 5.24. The maximum absolute atomic E-state index is 12.8. The number of methoxy groups -OCH3 is 2. The third-order valence-corrected chi connectivity index (χ3v) is 6.43. The van der Waals surface area contributed by atoms with E-state index in [9.17, 15) is 19.2 Å². The van der Waals surface area contributed by atoms with E-state index < -0.39 is 17.1 Å². The Morgan fingerprint density at radius 2 is 1.82 bits per heavy atom. The van der Waals surface area contributed by atoms with E-state index in [0.717, 1.165) is 42.3 Å². The summed E-state index contributed by atoms with van der Waals surface area (Å²) in [5.74, 6) is -0.946. The van der Waals surface area contributed by atoms with Gasteiger partial charge in [-0.3, -0.25) is 19.3 Å². The molecule has 1 aromatic carbocycles. The number of benzene rings is 1. The van der Waals surface area contributed by atoms with Gasteiger partial charge < -0.3 is 19.1 Å². The highest BCUT2D eigenvalue weighted by atomic mass is 35.5. The minimum Gasteiger partial charge on any atom is -0.493 e. The van der Waals surface area contributed by atoms with Crippen LogP contribution in [0.3, 0.4) is 0 Å². The molecule has 3 amide bonds. The van der Waals surface area contributed by atoms with Crippen molar-refractivity contribution in [1.82, 2.24) is 9.80 Å². The molecule has 33 heavy (non-hydrogen) atoms. The van der Waals surface area contributed by atoms with Gasteiger partial charge in [0, 0.05) is 13.1 Å². The van der Waals surface area contributed by atoms with Gasteiger partial charge in [0.15, 0.2) is 18.1 Å². The van der Waals surface area contributed by atoms with Crippen molar-refractivity contribution >= 4 is 52.5 Å². The van der Waals surface area contributed by atoms with Gasteiger partial charge in [0.2, 0.25) is 5.91 Å². The SMILES string of the molecule is COC(=O)COc1c(Cl)cc(C=C2SC(=O)N(CC(=O)N3CCCCCC3)C2=O)cc1OC. The largest absolute Gasteiger partial charge is 0.493 e. The van der Waals surface area contributed by atoms with Gasteiger partial charge in [-0.15, -0.1) is 0 Å². The fourth-order valence-electron chi connectivity index (χ4n) is 3.50. The van der Waals surface area contributed by atoms with Crippen molar-refractivity contribution < 1.29 is 33.4 Å². The van der Waals surface area contributed by atoms with Gasteiger partial charge in [-0.1, -0.05) is 24.4 Å². The van der Waals surface area contributed by atoms with Crippen LogP contribution in [0.5, 0.6) is 11.5 Å². The van der Waals surface area contributed by atoms with Crippen molar-refractivity contribution in [3.63, 3.8) is 0 Å². The molecule has 0 radical (unpaired) electrons. The molecule has 0 atom stereocenters. The van der Waals surface area contributed by atoms with Crippen LogP contribution in [-0.2, 0) is 19.1 Å². The zero-order chi connectivity index (χ0) is 24.0. The molecule has 3 rings (SSSR count). The lowest BCUT2D eigenvalue weighted by Crippen LogP contribution is -2.42. The highest BCUT2D eigenvalue weighted by Gasteiger charge is 2.37. The first-order valence-electron chi connectivity index (χ1n) is 10.4. The molecule has 178 valence electrons. The van der Waals surface area contributed by atoms with E-state index in [1.165, 1.54) is 26.4 Å². The Bertz CT molecular complexity index is 974. The molecule has 2 fully saturated rings. The van der Waals surface area contributed by atoms with E-state index in [0.29, 0.717) is 18.7 Å². The number of hydrogen-bond acceptors (Lipinski definition) is 8. The first kappa shape index (κ1) is 24.9. The summed E-state index contributed by atoms with van der Waals surface area (Å²) in [5, 5.41) is -0.342. The number of hydrogen-bond donors (Lipinski definition) is 0. The second-order valence-electron chi connectivity index (χ2n) is 7.46. The zero-order valence-electron chi connectivity index (χ0n) is 18.4. The van der Waals surface area contributed by atoms with E-state index >= 15 is 0 Å². The lowest BCUT2D eigenvalue weighted by molar-refractivity contribution is -0.143. The van der Waals surface area contributed by atoms with Crippen molar-refractivity contribution in [2.45, 2.75) is 25.7 Å². The normalized spacial score (nSPS) is 17.8. The molecule has 0 spiro atoms. The monoisotopic (exact) mass is 496 g/mol. The Morgan fingerprint density at radius 1 is 1.12 bits per heavy atom. The molecule has 9 nitrogen and oxygen atoms in total. The van der Waals surface area contributed by atoms with Crippen LogP contribution in [0.2, 0.25) is 5.02 Å². The summed E-state index contributed by atoms with van der Waals surface area (Å²) in [6, 6.07) is 3.09. The van der Waals surface area contributed by atoms with Crippen LogP contribution in [0.1, 0.15) is 31.2 Å². The molecule has 0 N–H and O–H groups in total. The number of nitrogens with zero attached hydrogens (tertiary/aromatic N) is 2. The summed E-state index contributed by atoms with van der Waals surface area (Å²) < 4.78 is 15.2. The van der Waals surface area contributed by atoms with Crippen molar-refractivity contribution in [3.05, 3.63) is 27.6 Å². The molecule has 0 saturated carbocycles. The standard InChI is InChI=1S/C22H25ClN2O7S/c1-30-16-10-14(9-15(23)20(16)32-13-19(27)31-2)11-17-21(28)25(22(29)33-17)12-18(26)24-7-5-3-4-6-8-24/h9-11H,3-8,12-13H2,1-2H3. The van der Waals surface area contributed by atoms with Crippen LogP contribution >= 0.6 is 23.4 Å². The number of likely N-dealkylation sites (tertiary alicyclic amines) is 1. The summed E-state index contributed by atoms with van der Waals surface area (Å²) in [6.07, 6.45) is 5.50. The Balaban J connectivity index is 1.74. The highest BCUT2D eigenvalue weighted by Crippen LogP contribution is 2.39. The van der Waals surface area contributed by atoms with Crippen molar-refractivity contribution in [2.75, 3.05) is 40.5 Å². The van der Waals surface area contributed by atoms with Crippen LogP contribution in [0.4, 0.5) is 4.79 Å². The van der Waals surface area contributed by atoms with Crippen LogP contribution in [0.15, 0.2) is 17.0 Å². The Labute approximate surface area is 201 Å². The predicted molar refractivity (Wildman–Crippen MR) is 123 cm³/mol. The quantitative estimate of drug-likeness (QED) is 0.418. The average molecular weight is 497 g/mol. The van der Waals surface area contributed by atoms with E-state index in [4.69, 9.17) is 21.1 Å². The molecule has 2 aliphatic rings. The molecule has 2 aliphatic heterocycles. The highest BCUT2D eigenvalue weighted by molar-refractivity contribution is 8.18. The Morgan fingerprint density at radius 3 is 2.45 bits per heavy atom. The number of thioether (sulfide) groups is 1. The molecular formula is C22H25ClN2O7S. The maximum atomic E-state index is 12.8. The number of imide groups is 1. The van der Waals surface area contributed by atoms with Gasteiger partial charge >= 0.3 is 5.97 Å². The van der Waals surface area contributed by atoms with Gasteiger partial charge in [-0.25, -0.2) is 4.79 Å². The molecule has 2 saturated heterocycles. The number of esters is 1. The minimum absolute atomic E-state index is 0.151. The zero-order valence-corrected chi connectivity index (χ0v) is 20.0. The number of rotatable bonds is 7. The first-order chi connectivity index (χ1) is 15.8. The topological polar surface area (TPSA) is 102 Å². The Hall–Kier alpha value is -2.72. The summed E-state index contributed by atoms with van der Waals surface area (Å²) in [6.45, 7) is 0.670. The van der Waals surface area contributed by atoms with Crippen molar-refractivity contribution in [2.24, 2.45) is 0 Å². The fraction of sp³-hybridized carbons (Fsp3) is 0.455. The van der Waals surface area contributed by atoms with Gasteiger partial charge in [0.1, 0.15) is 6.54 Å². The number of ether oxygens (including phenoxy) is 3. The molecule has 0 aromatic heterocycles. The molecule has 2 heterocycles. The van der Waals surface area contributed by atoms with E-state index in [-0.39, 0.29) is 40.5 Å². The number of carbonyl (C=O) groups is 4. The molecule has 0 bridgehead atoms. The van der Waals surface area contributed by atoms with Crippen molar-refractivity contribution in [3.8, 4) is 11.5 Å². The minimum atomic E-state index is -0.583. The molecule has 0 aliphatic carbocycles. The summed E-state index contributed by atoms with van der Waals surface area (Å²) in [5.41, 5.74) is 0.492. The molecular weight excluding hydrogens is 472 g/mol. The maximum Gasteiger partial charge on any atom is 0.343 e. The lowest BCUT2D eigenvalue weighted by atomic mass is 10.1. The molecule has 11 heteroatoms. The number of amides is 3. The average Bonchev–Trinajstić information content (AvgIpc) is 2.99. The molecule has 1 aromatic rings. The van der Waals surface area contributed by atoms with Gasteiger partial charge in [0.05, 0.1) is 24.1 Å². The fourth-order valence-corrected chi connectivity index (χ4v) is 4.61. The lowest BCUT2D eigenvalue weighted by Gasteiger charge is -2.22. The smallest absolute Gasteiger partial charge is 0.343 e. The molecule has 0 unspecified atom stereocenters. The van der Waals surface area contributed by atoms with Crippen LogP contribution in [0, 0.1) is 0 Å². The van der Waals surface area contributed by atoms with E-state index in [1.807, 2.05) is 0 Å². The number of halogens is 1. The van der Waals surface area contributed by atoms with Gasteiger partial charge in [-0.05, 0) is 48.4 Å². The van der Waals surface area contributed by atoms with Crippen molar-refractivity contribution in [1.29, 1.82) is 0 Å². The summed E-state index contributed by atoms with van der Waals surface area (Å²) in [7, 11) is 2.64. The van der Waals surface area contributed by atoms with Gasteiger partial charge in [0.25, 0.3) is 11.1 Å². The first-order valence-corrected chi connectivity index (χ1v) is 11.6. The Kier molecular flexibility index (Phi) is 8.62. The van der Waals surface area contributed by atoms with Crippen LogP contribution in [-0.4, -0.2) is 73.3 Å². The van der Waals surface area contributed by atoms with Crippen LogP contribution < -0.4 is 9.47 Å². The third kappa shape index (κ3) is 6.20. The summed E-state index contributed by atoms with van der Waals surface area (Å²) in [4.78, 5) is 52.1. The van der Waals surface area contributed by atoms with E-state index in [1.54, 1.807) is 11.0 Å². The van der Waals surface area contributed by atoms with E-state index in [2.05, 4.69) is 4.74 Å². The second kappa shape index (κ2) is 11.4. The van der Waals surface area contributed by atoms with Gasteiger partial charge in [-0.2, -0.15) is 0 Å². The predicted octanol–water partition coefficient (Wildman–Crippen LogP) is 3.34. The summed E-state index contributed by atoms with van der Waals surface area (Å²) >= 11 is 7.04. The second-order valence-corrected chi connectivity index (χ2v) is 8.86. The number of carbonyl (C=O) groups excluding carboxylic acids is 4.